The smallest absolute Gasteiger partial charge is 0.224 e. The Balaban J connectivity index is 1.56. The van der Waals surface area contributed by atoms with Crippen LogP contribution in [0.1, 0.15) is 32.1 Å². The molecule has 0 aromatic heterocycles. The van der Waals surface area contributed by atoms with Crippen LogP contribution in [0.5, 0.6) is 0 Å². The van der Waals surface area contributed by atoms with E-state index in [1.165, 1.54) is 12.8 Å². The number of anilines is 1. The van der Waals surface area contributed by atoms with Gasteiger partial charge < -0.3 is 10.6 Å². The molecule has 0 radical (unpaired) electrons. The van der Waals surface area contributed by atoms with Crippen molar-refractivity contribution in [3.8, 4) is 0 Å². The zero-order valence-electron chi connectivity index (χ0n) is 10.9. The number of rotatable bonds is 3. The first-order valence-electron chi connectivity index (χ1n) is 7.01. The van der Waals surface area contributed by atoms with Crippen molar-refractivity contribution in [3.05, 3.63) is 28.7 Å². The van der Waals surface area contributed by atoms with Gasteiger partial charge in [-0.3, -0.25) is 4.79 Å². The van der Waals surface area contributed by atoms with E-state index in [4.69, 9.17) is 0 Å². The molecule has 19 heavy (non-hydrogen) atoms. The van der Waals surface area contributed by atoms with Crippen molar-refractivity contribution in [2.45, 2.75) is 44.2 Å². The second-order valence-corrected chi connectivity index (χ2v) is 6.56. The highest BCUT2D eigenvalue weighted by atomic mass is 79.9. The van der Waals surface area contributed by atoms with Crippen molar-refractivity contribution in [1.29, 1.82) is 0 Å². The van der Waals surface area contributed by atoms with E-state index in [0.717, 1.165) is 23.0 Å². The number of hydrogen-bond donors (Lipinski definition) is 2. The number of nitrogens with one attached hydrogen (secondary N) is 2. The van der Waals surface area contributed by atoms with Crippen molar-refractivity contribution in [3.63, 3.8) is 0 Å². The van der Waals surface area contributed by atoms with Crippen molar-refractivity contribution < 1.29 is 4.79 Å². The van der Waals surface area contributed by atoms with E-state index in [1.807, 2.05) is 24.3 Å². The molecule has 2 bridgehead atoms. The molecule has 1 aromatic carbocycles. The van der Waals surface area contributed by atoms with Gasteiger partial charge >= 0.3 is 0 Å². The molecule has 2 saturated heterocycles. The maximum Gasteiger partial charge on any atom is 0.224 e. The Morgan fingerprint density at radius 1 is 1.26 bits per heavy atom. The van der Waals surface area contributed by atoms with Crippen molar-refractivity contribution in [2.24, 2.45) is 5.92 Å². The van der Waals surface area contributed by atoms with Gasteiger partial charge in [0.1, 0.15) is 0 Å². The van der Waals surface area contributed by atoms with E-state index in [0.29, 0.717) is 24.4 Å². The number of amides is 1. The predicted octanol–water partition coefficient (Wildman–Crippen LogP) is 3.31. The van der Waals surface area contributed by atoms with E-state index in [-0.39, 0.29) is 5.91 Å². The molecular weight excluding hydrogens is 304 g/mol. The molecule has 0 spiro atoms. The van der Waals surface area contributed by atoms with Gasteiger partial charge in [-0.15, -0.1) is 0 Å². The SMILES string of the molecule is O=C(CC1CC2CCC(C1)N2)Nc1ccccc1Br. The van der Waals surface area contributed by atoms with E-state index >= 15 is 0 Å². The van der Waals surface area contributed by atoms with Crippen molar-refractivity contribution in [1.82, 2.24) is 5.32 Å². The van der Waals surface area contributed by atoms with Gasteiger partial charge in [0.2, 0.25) is 5.91 Å². The number of fused-ring (bicyclic) bond motifs is 2. The standard InChI is InChI=1S/C15H19BrN2O/c16-13-3-1-2-4-14(13)18-15(19)9-10-7-11-5-6-12(8-10)17-11/h1-4,10-12,17H,5-9H2,(H,18,19). The Morgan fingerprint density at radius 3 is 2.63 bits per heavy atom. The number of benzene rings is 1. The van der Waals surface area contributed by atoms with E-state index in [9.17, 15) is 4.79 Å². The highest BCUT2D eigenvalue weighted by Gasteiger charge is 2.34. The van der Waals surface area contributed by atoms with Crippen LogP contribution in [-0.4, -0.2) is 18.0 Å². The molecule has 0 saturated carbocycles. The summed E-state index contributed by atoms with van der Waals surface area (Å²) in [6, 6.07) is 9.06. The van der Waals surface area contributed by atoms with Gasteiger partial charge in [0.25, 0.3) is 0 Å². The summed E-state index contributed by atoms with van der Waals surface area (Å²) in [5, 5.41) is 6.61. The summed E-state index contributed by atoms with van der Waals surface area (Å²) in [6.07, 6.45) is 5.52. The molecule has 2 unspecified atom stereocenters. The minimum Gasteiger partial charge on any atom is -0.325 e. The van der Waals surface area contributed by atoms with Crippen molar-refractivity contribution >= 4 is 27.5 Å². The zero-order chi connectivity index (χ0) is 13.2. The lowest BCUT2D eigenvalue weighted by Gasteiger charge is -2.28. The largest absolute Gasteiger partial charge is 0.325 e. The molecule has 2 fully saturated rings. The van der Waals surface area contributed by atoms with Gasteiger partial charge in [0, 0.05) is 23.0 Å². The van der Waals surface area contributed by atoms with Gasteiger partial charge in [-0.25, -0.2) is 0 Å². The number of hydrogen-bond acceptors (Lipinski definition) is 2. The van der Waals surface area contributed by atoms with Crippen LogP contribution in [0, 0.1) is 5.92 Å². The first-order valence-corrected chi connectivity index (χ1v) is 7.80. The Hall–Kier alpha value is -0.870. The molecule has 1 aromatic rings. The van der Waals surface area contributed by atoms with Crippen LogP contribution in [0.4, 0.5) is 5.69 Å². The lowest BCUT2D eigenvalue weighted by Crippen LogP contribution is -2.39. The van der Waals surface area contributed by atoms with Crippen LogP contribution in [0.15, 0.2) is 28.7 Å². The van der Waals surface area contributed by atoms with Crippen LogP contribution < -0.4 is 10.6 Å². The first-order chi connectivity index (χ1) is 9.20. The summed E-state index contributed by atoms with van der Waals surface area (Å²) in [5.41, 5.74) is 0.865. The van der Waals surface area contributed by atoms with Gasteiger partial charge in [-0.05, 0) is 59.7 Å². The van der Waals surface area contributed by atoms with Crippen molar-refractivity contribution in [2.75, 3.05) is 5.32 Å². The summed E-state index contributed by atoms with van der Waals surface area (Å²) < 4.78 is 0.939. The fourth-order valence-electron chi connectivity index (χ4n) is 3.37. The monoisotopic (exact) mass is 322 g/mol. The topological polar surface area (TPSA) is 41.1 Å². The average Bonchev–Trinajstić information content (AvgIpc) is 2.72. The third-order valence-corrected chi connectivity index (χ3v) is 4.88. The summed E-state index contributed by atoms with van der Waals surface area (Å²) in [4.78, 5) is 12.1. The van der Waals surface area contributed by atoms with E-state index in [1.54, 1.807) is 0 Å². The normalized spacial score (nSPS) is 29.2. The fraction of sp³-hybridized carbons (Fsp3) is 0.533. The Kier molecular flexibility index (Phi) is 3.89. The highest BCUT2D eigenvalue weighted by Crippen LogP contribution is 2.33. The molecule has 2 aliphatic rings. The van der Waals surface area contributed by atoms with Gasteiger partial charge in [-0.2, -0.15) is 0 Å². The number of carbonyl (C=O) groups excluding carboxylic acids is 1. The van der Waals surface area contributed by atoms with Gasteiger partial charge in [0.05, 0.1) is 5.69 Å². The molecule has 1 amide bonds. The lowest BCUT2D eigenvalue weighted by atomic mass is 9.89. The number of para-hydroxylation sites is 1. The molecule has 2 heterocycles. The molecule has 102 valence electrons. The number of carbonyl (C=O) groups is 1. The third kappa shape index (κ3) is 3.18. The molecule has 3 nitrogen and oxygen atoms in total. The Bertz CT molecular complexity index is 465. The quantitative estimate of drug-likeness (QED) is 0.896. The average molecular weight is 323 g/mol. The van der Waals surface area contributed by atoms with Gasteiger partial charge in [0.15, 0.2) is 0 Å². The molecule has 2 aliphatic heterocycles. The molecule has 2 atom stereocenters. The minimum absolute atomic E-state index is 0.137. The van der Waals surface area contributed by atoms with Crippen LogP contribution in [0.2, 0.25) is 0 Å². The van der Waals surface area contributed by atoms with Crippen LogP contribution in [-0.2, 0) is 4.79 Å². The summed E-state index contributed by atoms with van der Waals surface area (Å²) in [5.74, 6) is 0.680. The predicted molar refractivity (Wildman–Crippen MR) is 80.1 cm³/mol. The second-order valence-electron chi connectivity index (χ2n) is 5.71. The Labute approximate surface area is 122 Å². The molecular formula is C15H19BrN2O. The Morgan fingerprint density at radius 2 is 1.95 bits per heavy atom. The van der Waals surface area contributed by atoms with Crippen LogP contribution in [0.3, 0.4) is 0 Å². The number of piperidine rings is 1. The zero-order valence-corrected chi connectivity index (χ0v) is 12.4. The molecule has 4 heteroatoms. The lowest BCUT2D eigenvalue weighted by molar-refractivity contribution is -0.117. The van der Waals surface area contributed by atoms with Gasteiger partial charge in [-0.1, -0.05) is 12.1 Å². The highest BCUT2D eigenvalue weighted by molar-refractivity contribution is 9.10. The molecule has 3 rings (SSSR count). The van der Waals surface area contributed by atoms with Crippen LogP contribution in [0.25, 0.3) is 0 Å². The fourth-order valence-corrected chi connectivity index (χ4v) is 3.75. The first kappa shape index (κ1) is 13.1. The number of halogens is 1. The maximum atomic E-state index is 12.1. The molecule has 2 N–H and O–H groups in total. The third-order valence-electron chi connectivity index (χ3n) is 4.19. The second kappa shape index (κ2) is 5.63. The summed E-state index contributed by atoms with van der Waals surface area (Å²) in [7, 11) is 0. The van der Waals surface area contributed by atoms with E-state index < -0.39 is 0 Å². The maximum absolute atomic E-state index is 12.1. The van der Waals surface area contributed by atoms with E-state index in [2.05, 4.69) is 26.6 Å². The van der Waals surface area contributed by atoms with Crippen LogP contribution >= 0.6 is 15.9 Å². The molecule has 0 aliphatic carbocycles. The summed E-state index contributed by atoms with van der Waals surface area (Å²) in [6.45, 7) is 0. The summed E-state index contributed by atoms with van der Waals surface area (Å²) >= 11 is 3.45. The minimum atomic E-state index is 0.137.